The highest BCUT2D eigenvalue weighted by Gasteiger charge is 2.15. The Bertz CT molecular complexity index is 843. The Hall–Kier alpha value is -2.17. The molecular weight excluding hydrogens is 280 g/mol. The maximum atomic E-state index is 6.30. The summed E-state index contributed by atoms with van der Waals surface area (Å²) in [6, 6.07) is 18.0. The van der Waals surface area contributed by atoms with Crippen molar-refractivity contribution in [1.29, 1.82) is 0 Å². The molecule has 1 unspecified atom stereocenters. The lowest BCUT2D eigenvalue weighted by Crippen LogP contribution is -2.12. The maximum Gasteiger partial charge on any atom is 0.134 e. The Labute approximate surface area is 126 Å². The van der Waals surface area contributed by atoms with Crippen LogP contribution in [0.3, 0.4) is 0 Å². The Kier molecular flexibility index (Phi) is 2.98. The summed E-state index contributed by atoms with van der Waals surface area (Å²) in [6.45, 7) is 0. The average molecular weight is 294 g/mol. The van der Waals surface area contributed by atoms with E-state index in [2.05, 4.69) is 17.1 Å². The summed E-state index contributed by atoms with van der Waals surface area (Å²) < 4.78 is 7.00. The zero-order chi connectivity index (χ0) is 14.2. The molecule has 1 atom stereocenters. The number of rotatable bonds is 3. The first kappa shape index (κ1) is 12.6. The molecule has 0 aliphatic carbocycles. The molecule has 2 N–H and O–H groups in total. The lowest BCUT2D eigenvalue weighted by molar-refractivity contribution is 0.520. The minimum atomic E-state index is -0.136. The van der Waals surface area contributed by atoms with Crippen LogP contribution in [0.2, 0.25) is 0 Å². The second kappa shape index (κ2) is 4.98. The number of thiazole rings is 1. The second-order valence-electron chi connectivity index (χ2n) is 5.08. The number of para-hydroxylation sites is 2. The van der Waals surface area contributed by atoms with Gasteiger partial charge in [-0.25, -0.2) is 4.98 Å². The van der Waals surface area contributed by atoms with E-state index in [0.717, 1.165) is 27.3 Å². The van der Waals surface area contributed by atoms with Gasteiger partial charge in [0.25, 0.3) is 0 Å². The largest absolute Gasteiger partial charge is 0.461 e. The predicted octanol–water partition coefficient (Wildman–Crippen LogP) is 4.29. The molecule has 0 saturated heterocycles. The molecule has 104 valence electrons. The summed E-state index contributed by atoms with van der Waals surface area (Å²) in [7, 11) is 0. The lowest BCUT2D eigenvalue weighted by atomic mass is 10.2. The molecule has 4 heteroatoms. The first-order valence-electron chi connectivity index (χ1n) is 6.88. The van der Waals surface area contributed by atoms with Gasteiger partial charge < -0.3 is 10.2 Å². The van der Waals surface area contributed by atoms with E-state index in [1.807, 2.05) is 42.5 Å². The molecule has 21 heavy (non-hydrogen) atoms. The van der Waals surface area contributed by atoms with Gasteiger partial charge in [-0.3, -0.25) is 0 Å². The van der Waals surface area contributed by atoms with E-state index in [-0.39, 0.29) is 6.04 Å². The van der Waals surface area contributed by atoms with Gasteiger partial charge in [0.05, 0.1) is 16.3 Å². The first-order chi connectivity index (χ1) is 10.3. The zero-order valence-corrected chi connectivity index (χ0v) is 12.1. The number of benzene rings is 2. The average Bonchev–Trinajstić information content (AvgIpc) is 3.10. The Morgan fingerprint density at radius 1 is 1.10 bits per heavy atom. The number of nitrogens with zero attached hydrogens (tertiary/aromatic N) is 1. The van der Waals surface area contributed by atoms with Crippen LogP contribution >= 0.6 is 11.3 Å². The van der Waals surface area contributed by atoms with Crippen LogP contribution in [-0.4, -0.2) is 4.98 Å². The van der Waals surface area contributed by atoms with Crippen LogP contribution < -0.4 is 5.73 Å². The zero-order valence-electron chi connectivity index (χ0n) is 11.3. The molecule has 2 aromatic carbocycles. The fourth-order valence-electron chi connectivity index (χ4n) is 2.49. The number of nitrogens with two attached hydrogens (primary N) is 1. The molecule has 0 amide bonds. The number of hydrogen-bond acceptors (Lipinski definition) is 4. The Morgan fingerprint density at radius 3 is 2.76 bits per heavy atom. The van der Waals surface area contributed by atoms with Gasteiger partial charge in [0.1, 0.15) is 16.4 Å². The van der Waals surface area contributed by atoms with Gasteiger partial charge >= 0.3 is 0 Å². The van der Waals surface area contributed by atoms with Gasteiger partial charge in [0, 0.05) is 11.8 Å². The highest BCUT2D eigenvalue weighted by Crippen LogP contribution is 2.28. The summed E-state index contributed by atoms with van der Waals surface area (Å²) >= 11 is 1.65. The molecule has 4 aromatic rings. The standard InChI is InChI=1S/C17H14N2OS/c18-13(17-19-14-6-2-4-8-16(14)21-17)10-12-9-11-5-1-3-7-15(11)20-12/h1-9,13H,10,18H2. The van der Waals surface area contributed by atoms with Crippen molar-refractivity contribution in [2.24, 2.45) is 5.73 Å². The predicted molar refractivity (Wildman–Crippen MR) is 86.5 cm³/mol. The van der Waals surface area contributed by atoms with E-state index in [1.165, 1.54) is 4.70 Å². The second-order valence-corrected chi connectivity index (χ2v) is 6.14. The van der Waals surface area contributed by atoms with Gasteiger partial charge in [-0.2, -0.15) is 0 Å². The third kappa shape index (κ3) is 2.33. The number of fused-ring (bicyclic) bond motifs is 2. The molecule has 0 bridgehead atoms. The third-order valence-corrected chi connectivity index (χ3v) is 4.69. The summed E-state index contributed by atoms with van der Waals surface area (Å²) in [4.78, 5) is 4.61. The van der Waals surface area contributed by atoms with Crippen LogP contribution in [0.1, 0.15) is 16.8 Å². The SMILES string of the molecule is NC(Cc1cc2ccccc2o1)c1nc2ccccc2s1. The summed E-state index contributed by atoms with van der Waals surface area (Å²) in [5.41, 5.74) is 8.22. The molecule has 3 nitrogen and oxygen atoms in total. The molecule has 2 heterocycles. The fraction of sp³-hybridized carbons (Fsp3) is 0.118. The van der Waals surface area contributed by atoms with E-state index < -0.39 is 0 Å². The van der Waals surface area contributed by atoms with E-state index >= 15 is 0 Å². The molecule has 0 saturated carbocycles. The van der Waals surface area contributed by atoms with Crippen LogP contribution in [0.15, 0.2) is 59.0 Å². The van der Waals surface area contributed by atoms with Crippen molar-refractivity contribution in [1.82, 2.24) is 4.98 Å². The first-order valence-corrected chi connectivity index (χ1v) is 7.70. The molecule has 4 rings (SSSR count). The quantitative estimate of drug-likeness (QED) is 0.613. The van der Waals surface area contributed by atoms with E-state index in [0.29, 0.717) is 6.42 Å². The molecule has 0 aliphatic heterocycles. The van der Waals surface area contributed by atoms with E-state index in [4.69, 9.17) is 10.2 Å². The highest BCUT2D eigenvalue weighted by atomic mass is 32.1. The van der Waals surface area contributed by atoms with Crippen molar-refractivity contribution in [3.63, 3.8) is 0 Å². The third-order valence-electron chi connectivity index (χ3n) is 3.53. The Morgan fingerprint density at radius 2 is 1.90 bits per heavy atom. The fourth-order valence-corrected chi connectivity index (χ4v) is 3.46. The Balaban J connectivity index is 1.63. The lowest BCUT2D eigenvalue weighted by Gasteiger charge is -2.05. The smallest absolute Gasteiger partial charge is 0.134 e. The van der Waals surface area contributed by atoms with Gasteiger partial charge in [-0.05, 0) is 24.3 Å². The van der Waals surface area contributed by atoms with Gasteiger partial charge in [0.15, 0.2) is 0 Å². The van der Waals surface area contributed by atoms with Crippen LogP contribution in [0, 0.1) is 0 Å². The van der Waals surface area contributed by atoms with Crippen molar-refractivity contribution >= 4 is 32.5 Å². The van der Waals surface area contributed by atoms with Crippen molar-refractivity contribution in [2.45, 2.75) is 12.5 Å². The van der Waals surface area contributed by atoms with Gasteiger partial charge in [0.2, 0.25) is 0 Å². The van der Waals surface area contributed by atoms with Crippen molar-refractivity contribution in [3.05, 3.63) is 65.4 Å². The number of furan rings is 1. The van der Waals surface area contributed by atoms with Crippen LogP contribution in [0.4, 0.5) is 0 Å². The minimum absolute atomic E-state index is 0.136. The van der Waals surface area contributed by atoms with Crippen LogP contribution in [0.5, 0.6) is 0 Å². The topological polar surface area (TPSA) is 52.0 Å². The van der Waals surface area contributed by atoms with Crippen LogP contribution in [-0.2, 0) is 6.42 Å². The van der Waals surface area contributed by atoms with E-state index in [9.17, 15) is 0 Å². The molecular formula is C17H14N2OS. The molecule has 0 spiro atoms. The minimum Gasteiger partial charge on any atom is -0.461 e. The van der Waals surface area contributed by atoms with Gasteiger partial charge in [-0.15, -0.1) is 11.3 Å². The van der Waals surface area contributed by atoms with Crippen molar-refractivity contribution in [3.8, 4) is 0 Å². The molecule has 2 aromatic heterocycles. The highest BCUT2D eigenvalue weighted by molar-refractivity contribution is 7.18. The van der Waals surface area contributed by atoms with Gasteiger partial charge in [-0.1, -0.05) is 30.3 Å². The molecule has 0 fully saturated rings. The number of aromatic nitrogens is 1. The molecule has 0 aliphatic rings. The van der Waals surface area contributed by atoms with Crippen LogP contribution in [0.25, 0.3) is 21.2 Å². The number of hydrogen-bond donors (Lipinski definition) is 1. The molecule has 0 radical (unpaired) electrons. The van der Waals surface area contributed by atoms with E-state index in [1.54, 1.807) is 11.3 Å². The maximum absolute atomic E-state index is 6.30. The summed E-state index contributed by atoms with van der Waals surface area (Å²) in [5.74, 6) is 0.906. The monoisotopic (exact) mass is 294 g/mol. The summed E-state index contributed by atoms with van der Waals surface area (Å²) in [6.07, 6.45) is 0.661. The summed E-state index contributed by atoms with van der Waals surface area (Å²) in [5, 5.41) is 2.07. The normalized spacial score (nSPS) is 13.0. The van der Waals surface area contributed by atoms with Crippen molar-refractivity contribution < 1.29 is 4.42 Å². The van der Waals surface area contributed by atoms with Crippen molar-refractivity contribution in [2.75, 3.05) is 0 Å².